The molecule has 0 radical (unpaired) electrons. The highest BCUT2D eigenvalue weighted by molar-refractivity contribution is 7.89. The van der Waals surface area contributed by atoms with Gasteiger partial charge in [-0.1, -0.05) is 19.8 Å². The molecule has 1 saturated carbocycles. The van der Waals surface area contributed by atoms with E-state index < -0.39 is 10.0 Å². The van der Waals surface area contributed by atoms with E-state index in [9.17, 15) is 8.42 Å². The highest BCUT2D eigenvalue weighted by Gasteiger charge is 2.32. The van der Waals surface area contributed by atoms with Gasteiger partial charge < -0.3 is 5.32 Å². The van der Waals surface area contributed by atoms with E-state index in [1.54, 1.807) is 23.5 Å². The van der Waals surface area contributed by atoms with Crippen LogP contribution in [-0.4, -0.2) is 37.3 Å². The van der Waals surface area contributed by atoms with Crippen LogP contribution in [0.4, 0.5) is 5.82 Å². The minimum Gasteiger partial charge on any atom is -0.373 e. The van der Waals surface area contributed by atoms with E-state index in [-0.39, 0.29) is 10.9 Å². The number of aromatic nitrogens is 1. The Morgan fingerprint density at radius 1 is 1.37 bits per heavy atom. The molecule has 1 fully saturated rings. The lowest BCUT2D eigenvalue weighted by Crippen LogP contribution is -2.38. The molecule has 6 heteroatoms. The minimum absolute atomic E-state index is 0.152. The number of hydrogen-bond acceptors (Lipinski definition) is 4. The van der Waals surface area contributed by atoms with Crippen LogP contribution in [0.1, 0.15) is 32.6 Å². The summed E-state index contributed by atoms with van der Waals surface area (Å²) in [4.78, 5) is 4.37. The van der Waals surface area contributed by atoms with Gasteiger partial charge in [-0.05, 0) is 25.0 Å². The van der Waals surface area contributed by atoms with Gasteiger partial charge in [0.15, 0.2) is 0 Å². The summed E-state index contributed by atoms with van der Waals surface area (Å²) >= 11 is 0. The topological polar surface area (TPSA) is 62.3 Å². The van der Waals surface area contributed by atoms with Crippen molar-refractivity contribution in [2.45, 2.75) is 43.5 Å². The Morgan fingerprint density at radius 3 is 2.53 bits per heavy atom. The van der Waals surface area contributed by atoms with Gasteiger partial charge in [-0.15, -0.1) is 0 Å². The van der Waals surface area contributed by atoms with Crippen molar-refractivity contribution in [2.24, 2.45) is 0 Å². The van der Waals surface area contributed by atoms with E-state index in [0.29, 0.717) is 12.4 Å². The van der Waals surface area contributed by atoms with E-state index >= 15 is 0 Å². The molecule has 1 aromatic rings. The zero-order chi connectivity index (χ0) is 13.9. The number of anilines is 1. The largest absolute Gasteiger partial charge is 0.373 e. The van der Waals surface area contributed by atoms with Gasteiger partial charge in [0.25, 0.3) is 0 Å². The number of nitrogens with zero attached hydrogens (tertiary/aromatic N) is 2. The molecule has 0 amide bonds. The van der Waals surface area contributed by atoms with Crippen molar-refractivity contribution < 1.29 is 8.42 Å². The Morgan fingerprint density at radius 2 is 2.05 bits per heavy atom. The quantitative estimate of drug-likeness (QED) is 0.898. The highest BCUT2D eigenvalue weighted by atomic mass is 32.2. The highest BCUT2D eigenvalue weighted by Crippen LogP contribution is 2.28. The van der Waals surface area contributed by atoms with Crippen LogP contribution in [0.2, 0.25) is 0 Å². The molecule has 0 aromatic carbocycles. The fourth-order valence-corrected chi connectivity index (χ4v) is 4.27. The SMILES string of the molecule is CCN(C1CCCC1)S(=O)(=O)c1ccc(NC)nc1. The molecule has 1 aliphatic carbocycles. The van der Waals surface area contributed by atoms with Crippen molar-refractivity contribution in [2.75, 3.05) is 18.9 Å². The van der Waals surface area contributed by atoms with E-state index in [2.05, 4.69) is 10.3 Å². The average Bonchev–Trinajstić information content (AvgIpc) is 2.93. The molecule has 0 aliphatic heterocycles. The molecule has 1 N–H and O–H groups in total. The summed E-state index contributed by atoms with van der Waals surface area (Å²) in [5, 5.41) is 2.88. The maximum atomic E-state index is 12.6. The molecular formula is C13H21N3O2S. The Hall–Kier alpha value is -1.14. The van der Waals surface area contributed by atoms with Crippen LogP contribution >= 0.6 is 0 Å². The molecule has 0 spiro atoms. The summed E-state index contributed by atoms with van der Waals surface area (Å²) in [5.41, 5.74) is 0. The molecule has 1 aromatic heterocycles. The molecule has 1 aliphatic rings. The van der Waals surface area contributed by atoms with Gasteiger partial charge in [0.1, 0.15) is 10.7 Å². The number of sulfonamides is 1. The van der Waals surface area contributed by atoms with Gasteiger partial charge in [0.05, 0.1) is 0 Å². The van der Waals surface area contributed by atoms with Gasteiger partial charge >= 0.3 is 0 Å². The van der Waals surface area contributed by atoms with Crippen LogP contribution in [0, 0.1) is 0 Å². The lowest BCUT2D eigenvalue weighted by Gasteiger charge is -2.26. The molecule has 1 heterocycles. The maximum absolute atomic E-state index is 12.6. The van der Waals surface area contributed by atoms with Crippen molar-refractivity contribution >= 4 is 15.8 Å². The van der Waals surface area contributed by atoms with Crippen LogP contribution in [0.3, 0.4) is 0 Å². The zero-order valence-corrected chi connectivity index (χ0v) is 12.3. The Bertz CT molecular complexity index is 507. The number of nitrogens with one attached hydrogen (secondary N) is 1. The van der Waals surface area contributed by atoms with Crippen LogP contribution in [0.25, 0.3) is 0 Å². The van der Waals surface area contributed by atoms with Crippen molar-refractivity contribution in [1.29, 1.82) is 0 Å². The molecule has 106 valence electrons. The number of pyridine rings is 1. The molecule has 0 atom stereocenters. The Labute approximate surface area is 115 Å². The second kappa shape index (κ2) is 5.88. The zero-order valence-electron chi connectivity index (χ0n) is 11.5. The van der Waals surface area contributed by atoms with Crippen LogP contribution in [-0.2, 0) is 10.0 Å². The van der Waals surface area contributed by atoms with E-state index in [4.69, 9.17) is 0 Å². The van der Waals surface area contributed by atoms with Gasteiger partial charge in [-0.3, -0.25) is 0 Å². The lowest BCUT2D eigenvalue weighted by atomic mass is 10.2. The molecule has 5 nitrogen and oxygen atoms in total. The summed E-state index contributed by atoms with van der Waals surface area (Å²) in [5.74, 6) is 0.669. The van der Waals surface area contributed by atoms with Crippen LogP contribution < -0.4 is 5.32 Å². The third-order valence-electron chi connectivity index (χ3n) is 3.64. The first kappa shape index (κ1) is 14.3. The van der Waals surface area contributed by atoms with Crippen molar-refractivity contribution in [3.8, 4) is 0 Å². The summed E-state index contributed by atoms with van der Waals surface area (Å²) in [6, 6.07) is 3.46. The second-order valence-electron chi connectivity index (χ2n) is 4.78. The summed E-state index contributed by atoms with van der Waals surface area (Å²) in [6.45, 7) is 2.41. The summed E-state index contributed by atoms with van der Waals surface area (Å²) in [6.07, 6.45) is 5.60. The fourth-order valence-electron chi connectivity index (χ4n) is 2.63. The number of hydrogen-bond donors (Lipinski definition) is 1. The third-order valence-corrected chi connectivity index (χ3v) is 5.65. The van der Waals surface area contributed by atoms with Gasteiger partial charge in [0.2, 0.25) is 10.0 Å². The first-order valence-electron chi connectivity index (χ1n) is 6.75. The Balaban J connectivity index is 2.27. The first-order chi connectivity index (χ1) is 9.09. The minimum atomic E-state index is -3.42. The second-order valence-corrected chi connectivity index (χ2v) is 6.67. The molecule has 19 heavy (non-hydrogen) atoms. The predicted molar refractivity (Wildman–Crippen MR) is 75.6 cm³/mol. The van der Waals surface area contributed by atoms with Crippen molar-refractivity contribution in [3.63, 3.8) is 0 Å². The molecule has 0 bridgehead atoms. The lowest BCUT2D eigenvalue weighted by molar-refractivity contribution is 0.335. The van der Waals surface area contributed by atoms with Crippen LogP contribution in [0.15, 0.2) is 23.2 Å². The van der Waals surface area contributed by atoms with Crippen molar-refractivity contribution in [1.82, 2.24) is 9.29 Å². The average molecular weight is 283 g/mol. The van der Waals surface area contributed by atoms with Gasteiger partial charge in [-0.2, -0.15) is 4.31 Å². The standard InChI is InChI=1S/C13H21N3O2S/c1-3-16(11-6-4-5-7-11)19(17,18)12-8-9-13(14-2)15-10-12/h8-11H,3-7H2,1-2H3,(H,14,15). The third kappa shape index (κ3) is 2.90. The van der Waals surface area contributed by atoms with Gasteiger partial charge in [0, 0.05) is 25.8 Å². The molecule has 0 saturated heterocycles. The fraction of sp³-hybridized carbons (Fsp3) is 0.615. The smallest absolute Gasteiger partial charge is 0.244 e. The Kier molecular flexibility index (Phi) is 4.42. The van der Waals surface area contributed by atoms with Gasteiger partial charge in [-0.25, -0.2) is 13.4 Å². The van der Waals surface area contributed by atoms with E-state index in [1.807, 2.05) is 6.92 Å². The predicted octanol–water partition coefficient (Wildman–Crippen LogP) is 2.08. The monoisotopic (exact) mass is 283 g/mol. The number of rotatable bonds is 5. The summed E-state index contributed by atoms with van der Waals surface area (Å²) in [7, 11) is -1.66. The van der Waals surface area contributed by atoms with Crippen molar-refractivity contribution in [3.05, 3.63) is 18.3 Å². The normalized spacial score (nSPS) is 17.0. The van der Waals surface area contributed by atoms with E-state index in [0.717, 1.165) is 25.7 Å². The maximum Gasteiger partial charge on any atom is 0.244 e. The molecular weight excluding hydrogens is 262 g/mol. The molecule has 0 unspecified atom stereocenters. The molecule has 2 rings (SSSR count). The van der Waals surface area contributed by atoms with E-state index in [1.165, 1.54) is 6.20 Å². The van der Waals surface area contributed by atoms with Crippen LogP contribution in [0.5, 0.6) is 0 Å². The summed E-state index contributed by atoms with van der Waals surface area (Å²) < 4.78 is 26.9. The first-order valence-corrected chi connectivity index (χ1v) is 8.19.